The molecule has 1 aliphatic rings. The van der Waals surface area contributed by atoms with Gasteiger partial charge in [-0.1, -0.05) is 30.3 Å². The number of amides is 2. The first-order chi connectivity index (χ1) is 21.1. The topological polar surface area (TPSA) is 142 Å². The molecule has 1 aromatic carbocycles. The SMILES string of the molecule is Cn1cc(-c2ccc(N(C(=O)NCc3ccccc3)C3CCC(Nc4ncc(C#N)c(-n5cccn5)n4)CC3)nc2)cn1. The molecule has 6 rings (SSSR count). The Labute approximate surface area is 249 Å². The molecule has 0 bridgehead atoms. The lowest BCUT2D eigenvalue weighted by atomic mass is 9.90. The number of nitrogens with one attached hydrogen (secondary N) is 2. The van der Waals surface area contributed by atoms with Gasteiger partial charge in [0.15, 0.2) is 5.82 Å². The van der Waals surface area contributed by atoms with Crippen molar-refractivity contribution in [1.29, 1.82) is 5.26 Å². The molecule has 216 valence electrons. The highest BCUT2D eigenvalue weighted by Crippen LogP contribution is 2.29. The summed E-state index contributed by atoms with van der Waals surface area (Å²) in [6.07, 6.45) is 13.6. The van der Waals surface area contributed by atoms with E-state index in [1.165, 1.54) is 6.20 Å². The molecule has 4 aromatic heterocycles. The maximum atomic E-state index is 13.6. The van der Waals surface area contributed by atoms with E-state index in [0.717, 1.165) is 42.4 Å². The molecule has 1 aliphatic carbocycles. The van der Waals surface area contributed by atoms with Crippen LogP contribution in [0.15, 0.2) is 85.7 Å². The zero-order chi connectivity index (χ0) is 29.6. The van der Waals surface area contributed by atoms with E-state index >= 15 is 0 Å². The molecule has 0 saturated heterocycles. The van der Waals surface area contributed by atoms with Crippen molar-refractivity contribution in [2.75, 3.05) is 10.2 Å². The van der Waals surface area contributed by atoms with Gasteiger partial charge in [0.05, 0.1) is 12.4 Å². The number of rotatable bonds is 8. The van der Waals surface area contributed by atoms with Crippen molar-refractivity contribution < 1.29 is 4.79 Å². The summed E-state index contributed by atoms with van der Waals surface area (Å²) in [4.78, 5) is 29.1. The standard InChI is InChI=1S/C31H31N11O/c1-40-21-25(20-37-40)23-8-13-28(33-18-23)42(31(43)35-17-22-6-3-2-4-7-22)27-11-9-26(10-12-27)38-30-34-19-24(16-32)29(39-30)41-15-5-14-36-41/h2-8,13-15,18-21,26-27H,9-12,17H2,1H3,(H,35,43)(H,34,38,39). The second-order valence-corrected chi connectivity index (χ2v) is 10.5. The predicted molar refractivity (Wildman–Crippen MR) is 161 cm³/mol. The van der Waals surface area contributed by atoms with E-state index in [2.05, 4.69) is 36.9 Å². The third kappa shape index (κ3) is 6.36. The van der Waals surface area contributed by atoms with Crippen LogP contribution < -0.4 is 15.5 Å². The fraction of sp³-hybridized carbons (Fsp3) is 0.258. The van der Waals surface area contributed by atoms with Crippen LogP contribution in [0.25, 0.3) is 16.9 Å². The Morgan fingerprint density at radius 3 is 2.51 bits per heavy atom. The first kappa shape index (κ1) is 27.6. The Bertz CT molecular complexity index is 1700. The molecule has 2 amide bonds. The van der Waals surface area contributed by atoms with Crippen LogP contribution >= 0.6 is 0 Å². The van der Waals surface area contributed by atoms with Crippen molar-refractivity contribution in [2.24, 2.45) is 7.05 Å². The second-order valence-electron chi connectivity index (χ2n) is 10.5. The van der Waals surface area contributed by atoms with Crippen molar-refractivity contribution in [3.63, 3.8) is 0 Å². The number of nitrogens with zero attached hydrogens (tertiary/aromatic N) is 9. The first-order valence-electron chi connectivity index (χ1n) is 14.2. The highest BCUT2D eigenvalue weighted by Gasteiger charge is 2.31. The van der Waals surface area contributed by atoms with Crippen LogP contribution in [0.1, 0.15) is 36.8 Å². The minimum absolute atomic E-state index is 0.0351. The van der Waals surface area contributed by atoms with Gasteiger partial charge < -0.3 is 10.6 Å². The van der Waals surface area contributed by atoms with E-state index in [1.807, 2.05) is 55.7 Å². The zero-order valence-electron chi connectivity index (χ0n) is 23.7. The van der Waals surface area contributed by atoms with E-state index < -0.39 is 0 Å². The quantitative estimate of drug-likeness (QED) is 0.277. The Morgan fingerprint density at radius 2 is 1.84 bits per heavy atom. The molecule has 5 aromatic rings. The van der Waals surface area contributed by atoms with Crippen LogP contribution in [-0.4, -0.2) is 52.6 Å². The molecule has 4 heterocycles. The van der Waals surface area contributed by atoms with Crippen LogP contribution in [0.4, 0.5) is 16.6 Å². The summed E-state index contributed by atoms with van der Waals surface area (Å²) in [6, 6.07) is 17.5. The maximum Gasteiger partial charge on any atom is 0.323 e. The van der Waals surface area contributed by atoms with Crippen molar-refractivity contribution in [1.82, 2.24) is 39.8 Å². The molecule has 1 fully saturated rings. The molecule has 0 unspecified atom stereocenters. The fourth-order valence-electron chi connectivity index (χ4n) is 5.34. The normalized spacial score (nSPS) is 16.3. The van der Waals surface area contributed by atoms with Gasteiger partial charge in [-0.3, -0.25) is 9.58 Å². The number of nitriles is 1. The van der Waals surface area contributed by atoms with Gasteiger partial charge in [0.25, 0.3) is 0 Å². The summed E-state index contributed by atoms with van der Waals surface area (Å²) in [7, 11) is 1.88. The molecule has 43 heavy (non-hydrogen) atoms. The Kier molecular flexibility index (Phi) is 8.04. The van der Waals surface area contributed by atoms with Crippen LogP contribution in [0, 0.1) is 11.3 Å². The smallest absolute Gasteiger partial charge is 0.323 e. The molecular formula is C31H31N11O. The van der Waals surface area contributed by atoms with Crippen LogP contribution in [0.5, 0.6) is 0 Å². The average molecular weight is 574 g/mol. The molecule has 0 atom stereocenters. The Hall–Kier alpha value is -5.57. The van der Waals surface area contributed by atoms with Gasteiger partial charge in [-0.2, -0.15) is 20.4 Å². The molecule has 1 saturated carbocycles. The average Bonchev–Trinajstić information content (AvgIpc) is 3.74. The van der Waals surface area contributed by atoms with E-state index in [0.29, 0.717) is 29.7 Å². The number of hydrogen-bond acceptors (Lipinski definition) is 8. The van der Waals surface area contributed by atoms with Gasteiger partial charge in [-0.05, 0) is 49.4 Å². The summed E-state index contributed by atoms with van der Waals surface area (Å²) in [5, 5.41) is 24.5. The highest BCUT2D eigenvalue weighted by molar-refractivity contribution is 5.91. The lowest BCUT2D eigenvalue weighted by molar-refractivity contribution is 0.240. The molecule has 0 radical (unpaired) electrons. The number of carbonyl (C=O) groups is 1. The number of hydrogen-bond donors (Lipinski definition) is 2. The number of urea groups is 1. The van der Waals surface area contributed by atoms with E-state index in [4.69, 9.17) is 4.98 Å². The van der Waals surface area contributed by atoms with Gasteiger partial charge >= 0.3 is 6.03 Å². The van der Waals surface area contributed by atoms with E-state index in [-0.39, 0.29) is 18.1 Å². The number of anilines is 2. The number of benzene rings is 1. The third-order valence-corrected chi connectivity index (χ3v) is 7.54. The van der Waals surface area contributed by atoms with Gasteiger partial charge in [0.1, 0.15) is 17.5 Å². The molecular weight excluding hydrogens is 542 g/mol. The first-order valence-corrected chi connectivity index (χ1v) is 14.2. The highest BCUT2D eigenvalue weighted by atomic mass is 16.2. The molecule has 0 spiro atoms. The molecule has 12 heteroatoms. The van der Waals surface area contributed by atoms with Gasteiger partial charge in [0, 0.05) is 61.6 Å². The fourth-order valence-corrected chi connectivity index (χ4v) is 5.34. The summed E-state index contributed by atoms with van der Waals surface area (Å²) in [6.45, 7) is 0.426. The van der Waals surface area contributed by atoms with Crippen LogP contribution in [0.2, 0.25) is 0 Å². The van der Waals surface area contributed by atoms with E-state index in [9.17, 15) is 10.1 Å². The number of aromatic nitrogens is 7. The number of aryl methyl sites for hydroxylation is 1. The summed E-state index contributed by atoms with van der Waals surface area (Å²) < 4.78 is 3.31. The van der Waals surface area contributed by atoms with Gasteiger partial charge in [0.2, 0.25) is 5.95 Å². The van der Waals surface area contributed by atoms with E-state index in [1.54, 1.807) is 45.1 Å². The predicted octanol–water partition coefficient (Wildman–Crippen LogP) is 4.47. The Morgan fingerprint density at radius 1 is 1.00 bits per heavy atom. The summed E-state index contributed by atoms with van der Waals surface area (Å²) in [5.41, 5.74) is 3.28. The van der Waals surface area contributed by atoms with Crippen LogP contribution in [-0.2, 0) is 13.6 Å². The van der Waals surface area contributed by atoms with Gasteiger partial charge in [-0.25, -0.2) is 19.4 Å². The third-order valence-electron chi connectivity index (χ3n) is 7.54. The van der Waals surface area contributed by atoms with Crippen molar-refractivity contribution in [3.8, 4) is 23.0 Å². The minimum atomic E-state index is -0.179. The molecule has 2 N–H and O–H groups in total. The lowest BCUT2D eigenvalue weighted by Gasteiger charge is -2.36. The largest absolute Gasteiger partial charge is 0.351 e. The molecule has 0 aliphatic heterocycles. The minimum Gasteiger partial charge on any atom is -0.351 e. The lowest BCUT2D eigenvalue weighted by Crippen LogP contribution is -2.49. The monoisotopic (exact) mass is 573 g/mol. The van der Waals surface area contributed by atoms with Gasteiger partial charge in [-0.15, -0.1) is 0 Å². The summed E-state index contributed by atoms with van der Waals surface area (Å²) >= 11 is 0. The molecule has 12 nitrogen and oxygen atoms in total. The zero-order valence-corrected chi connectivity index (χ0v) is 23.7. The maximum absolute atomic E-state index is 13.6. The van der Waals surface area contributed by atoms with Crippen molar-refractivity contribution in [2.45, 2.75) is 44.3 Å². The summed E-state index contributed by atoms with van der Waals surface area (Å²) in [5.74, 6) is 1.48. The van der Waals surface area contributed by atoms with Crippen molar-refractivity contribution in [3.05, 3.63) is 96.8 Å². The van der Waals surface area contributed by atoms with Crippen LogP contribution in [0.3, 0.4) is 0 Å². The van der Waals surface area contributed by atoms with Crippen molar-refractivity contribution >= 4 is 17.8 Å². The Balaban J connectivity index is 1.16. The number of pyridine rings is 1. The second kappa shape index (κ2) is 12.5. The number of carbonyl (C=O) groups excluding carboxylic acids is 1.